The Kier molecular flexibility index (Phi) is 3.65. The van der Waals surface area contributed by atoms with Gasteiger partial charge in [-0.25, -0.2) is 0 Å². The van der Waals surface area contributed by atoms with Crippen LogP contribution >= 0.6 is 0 Å². The number of nitrogens with one attached hydrogen (secondary N) is 2. The molecular weight excluding hydrogens is 311 g/mol. The van der Waals surface area contributed by atoms with E-state index in [-0.39, 0.29) is 11.3 Å². The summed E-state index contributed by atoms with van der Waals surface area (Å²) < 4.78 is 40.0. The highest BCUT2D eigenvalue weighted by molar-refractivity contribution is 6.05. The van der Waals surface area contributed by atoms with E-state index in [2.05, 4.69) is 20.3 Å². The van der Waals surface area contributed by atoms with Crippen molar-refractivity contribution in [2.75, 3.05) is 5.32 Å². The molecule has 0 bridgehead atoms. The van der Waals surface area contributed by atoms with Crippen LogP contribution in [0.4, 0.5) is 18.9 Å². The molecule has 118 valence electrons. The monoisotopic (exact) mass is 321 g/mol. The largest absolute Gasteiger partial charge is 0.573 e. The van der Waals surface area contributed by atoms with Gasteiger partial charge in [-0.05, 0) is 42.5 Å². The molecule has 8 heteroatoms. The van der Waals surface area contributed by atoms with Crippen LogP contribution in [0.3, 0.4) is 0 Å². The molecule has 1 aromatic heterocycles. The van der Waals surface area contributed by atoms with Crippen molar-refractivity contribution in [2.24, 2.45) is 0 Å². The van der Waals surface area contributed by atoms with Crippen molar-refractivity contribution < 1.29 is 22.7 Å². The molecule has 2 aromatic carbocycles. The van der Waals surface area contributed by atoms with Gasteiger partial charge in [0.2, 0.25) is 0 Å². The first kappa shape index (κ1) is 14.9. The molecule has 0 atom stereocenters. The molecule has 0 fully saturated rings. The van der Waals surface area contributed by atoms with Crippen LogP contribution in [-0.2, 0) is 0 Å². The third-order valence-corrected chi connectivity index (χ3v) is 3.05. The first-order valence-corrected chi connectivity index (χ1v) is 6.51. The van der Waals surface area contributed by atoms with Gasteiger partial charge < -0.3 is 10.1 Å². The summed E-state index contributed by atoms with van der Waals surface area (Å²) in [5.41, 5.74) is 1.60. The van der Waals surface area contributed by atoms with E-state index in [9.17, 15) is 18.0 Å². The molecule has 0 aliphatic heterocycles. The Balaban J connectivity index is 1.72. The second-order valence-corrected chi connectivity index (χ2v) is 4.70. The molecule has 5 nitrogen and oxygen atoms in total. The van der Waals surface area contributed by atoms with Crippen LogP contribution in [0.25, 0.3) is 10.9 Å². The van der Waals surface area contributed by atoms with E-state index in [1.165, 1.54) is 12.1 Å². The molecule has 0 radical (unpaired) electrons. The molecule has 1 amide bonds. The summed E-state index contributed by atoms with van der Waals surface area (Å²) in [4.78, 5) is 12.1. The molecule has 0 unspecified atom stereocenters. The van der Waals surface area contributed by atoms with Crippen molar-refractivity contribution in [3.63, 3.8) is 0 Å². The zero-order valence-electron chi connectivity index (χ0n) is 11.5. The number of fused-ring (bicyclic) bond motifs is 1. The van der Waals surface area contributed by atoms with Gasteiger partial charge in [0.25, 0.3) is 5.91 Å². The molecule has 23 heavy (non-hydrogen) atoms. The SMILES string of the molecule is O=C(Nc1ccc2[nH]ncc2c1)c1ccc(OC(F)(F)F)cc1. The first-order valence-electron chi connectivity index (χ1n) is 6.51. The molecule has 3 rings (SSSR count). The fourth-order valence-electron chi connectivity index (χ4n) is 2.03. The highest BCUT2D eigenvalue weighted by Crippen LogP contribution is 2.23. The average Bonchev–Trinajstić information content (AvgIpc) is 2.94. The van der Waals surface area contributed by atoms with Gasteiger partial charge in [0.15, 0.2) is 0 Å². The van der Waals surface area contributed by atoms with Crippen LogP contribution in [0.15, 0.2) is 48.7 Å². The number of benzene rings is 2. The number of hydrogen-bond acceptors (Lipinski definition) is 3. The summed E-state index contributed by atoms with van der Waals surface area (Å²) in [6, 6.07) is 9.87. The Morgan fingerprint density at radius 3 is 2.57 bits per heavy atom. The van der Waals surface area contributed by atoms with Gasteiger partial charge in [0.1, 0.15) is 5.75 Å². The van der Waals surface area contributed by atoms with Gasteiger partial charge in [-0.1, -0.05) is 0 Å². The molecule has 0 saturated heterocycles. The van der Waals surface area contributed by atoms with Crippen molar-refractivity contribution in [3.05, 3.63) is 54.2 Å². The maximum absolute atomic E-state index is 12.1. The minimum Gasteiger partial charge on any atom is -0.406 e. The zero-order chi connectivity index (χ0) is 16.4. The van der Waals surface area contributed by atoms with Crippen molar-refractivity contribution in [3.8, 4) is 5.75 Å². The Bertz CT molecular complexity index is 841. The Morgan fingerprint density at radius 2 is 1.87 bits per heavy atom. The number of anilines is 1. The predicted molar refractivity (Wildman–Crippen MR) is 77.2 cm³/mol. The molecular formula is C15H10F3N3O2. The molecule has 0 aliphatic carbocycles. The van der Waals surface area contributed by atoms with Crippen LogP contribution in [0.2, 0.25) is 0 Å². The Labute approximate surface area is 128 Å². The number of halogens is 3. The van der Waals surface area contributed by atoms with Crippen molar-refractivity contribution in [1.82, 2.24) is 10.2 Å². The van der Waals surface area contributed by atoms with Crippen LogP contribution in [0.1, 0.15) is 10.4 Å². The van der Waals surface area contributed by atoms with Crippen molar-refractivity contribution >= 4 is 22.5 Å². The van der Waals surface area contributed by atoms with E-state index < -0.39 is 12.3 Å². The fourth-order valence-corrected chi connectivity index (χ4v) is 2.03. The second kappa shape index (κ2) is 5.64. The fraction of sp³-hybridized carbons (Fsp3) is 0.0667. The predicted octanol–water partition coefficient (Wildman–Crippen LogP) is 3.71. The second-order valence-electron chi connectivity index (χ2n) is 4.70. The lowest BCUT2D eigenvalue weighted by Crippen LogP contribution is -2.17. The number of carbonyl (C=O) groups excluding carboxylic acids is 1. The third-order valence-electron chi connectivity index (χ3n) is 3.05. The smallest absolute Gasteiger partial charge is 0.406 e. The molecule has 0 aliphatic rings. The van der Waals surface area contributed by atoms with E-state index in [0.717, 1.165) is 23.0 Å². The number of alkyl halides is 3. The summed E-state index contributed by atoms with van der Waals surface area (Å²) in [6.07, 6.45) is -3.14. The lowest BCUT2D eigenvalue weighted by molar-refractivity contribution is -0.274. The Morgan fingerprint density at radius 1 is 1.13 bits per heavy atom. The Hall–Kier alpha value is -3.03. The maximum Gasteiger partial charge on any atom is 0.573 e. The normalized spacial score (nSPS) is 11.4. The van der Waals surface area contributed by atoms with Gasteiger partial charge in [-0.15, -0.1) is 13.2 Å². The van der Waals surface area contributed by atoms with Gasteiger partial charge in [-0.3, -0.25) is 9.89 Å². The number of nitrogens with zero attached hydrogens (tertiary/aromatic N) is 1. The van der Waals surface area contributed by atoms with Crippen molar-refractivity contribution in [1.29, 1.82) is 0 Å². The number of rotatable bonds is 3. The van der Waals surface area contributed by atoms with Gasteiger partial charge >= 0.3 is 6.36 Å². The van der Waals surface area contributed by atoms with E-state index >= 15 is 0 Å². The van der Waals surface area contributed by atoms with E-state index in [1.807, 2.05) is 0 Å². The standard InChI is InChI=1S/C15H10F3N3O2/c16-15(17,18)23-12-4-1-9(2-5-12)14(22)20-11-3-6-13-10(7-11)8-19-21-13/h1-8H,(H,19,21)(H,20,22). The quantitative estimate of drug-likeness (QED) is 0.773. The van der Waals surface area contributed by atoms with Gasteiger partial charge in [0, 0.05) is 16.6 Å². The minimum absolute atomic E-state index is 0.215. The minimum atomic E-state index is -4.76. The van der Waals surface area contributed by atoms with E-state index in [4.69, 9.17) is 0 Å². The molecule has 2 N–H and O–H groups in total. The lowest BCUT2D eigenvalue weighted by Gasteiger charge is -2.09. The molecule has 1 heterocycles. The van der Waals surface area contributed by atoms with Crippen LogP contribution < -0.4 is 10.1 Å². The highest BCUT2D eigenvalue weighted by Gasteiger charge is 2.31. The van der Waals surface area contributed by atoms with Gasteiger partial charge in [-0.2, -0.15) is 5.10 Å². The zero-order valence-corrected chi connectivity index (χ0v) is 11.5. The number of hydrogen-bond donors (Lipinski definition) is 2. The van der Waals surface area contributed by atoms with E-state index in [0.29, 0.717) is 5.69 Å². The average molecular weight is 321 g/mol. The summed E-state index contributed by atoms with van der Waals surface area (Å²) in [7, 11) is 0. The maximum atomic E-state index is 12.1. The lowest BCUT2D eigenvalue weighted by atomic mass is 10.2. The number of ether oxygens (including phenoxy) is 1. The van der Waals surface area contributed by atoms with Crippen LogP contribution in [-0.4, -0.2) is 22.5 Å². The first-order chi connectivity index (χ1) is 10.9. The summed E-state index contributed by atoms with van der Waals surface area (Å²) in [5.74, 6) is -0.819. The van der Waals surface area contributed by atoms with Crippen LogP contribution in [0.5, 0.6) is 5.75 Å². The summed E-state index contributed by atoms with van der Waals surface area (Å²) >= 11 is 0. The van der Waals surface area contributed by atoms with Crippen LogP contribution in [0, 0.1) is 0 Å². The third kappa shape index (κ3) is 3.60. The number of amides is 1. The number of carbonyl (C=O) groups is 1. The van der Waals surface area contributed by atoms with E-state index in [1.54, 1.807) is 24.4 Å². The molecule has 0 saturated carbocycles. The number of H-pyrrole nitrogens is 1. The molecule has 0 spiro atoms. The molecule has 3 aromatic rings. The summed E-state index contributed by atoms with van der Waals surface area (Å²) in [5, 5.41) is 10.2. The highest BCUT2D eigenvalue weighted by atomic mass is 19.4. The van der Waals surface area contributed by atoms with Gasteiger partial charge in [0.05, 0.1) is 11.7 Å². The topological polar surface area (TPSA) is 67.0 Å². The number of aromatic nitrogens is 2. The number of aromatic amines is 1. The summed E-state index contributed by atoms with van der Waals surface area (Å²) in [6.45, 7) is 0. The van der Waals surface area contributed by atoms with Crippen molar-refractivity contribution in [2.45, 2.75) is 6.36 Å².